The molecule has 9 heteroatoms. The van der Waals surface area contributed by atoms with Crippen molar-refractivity contribution in [2.24, 2.45) is 0 Å². The zero-order chi connectivity index (χ0) is 21.7. The molecule has 0 fully saturated rings. The highest BCUT2D eigenvalue weighted by atomic mass is 32.1. The lowest BCUT2D eigenvalue weighted by Gasteiger charge is -2.14. The van der Waals surface area contributed by atoms with E-state index in [0.717, 1.165) is 15.8 Å². The third kappa shape index (κ3) is 4.80. The number of amides is 2. The normalized spacial score (nSPS) is 10.5. The molecule has 0 unspecified atom stereocenters. The Kier molecular flexibility index (Phi) is 6.73. The lowest BCUT2D eigenvalue weighted by atomic mass is 10.1. The highest BCUT2D eigenvalue weighted by Crippen LogP contribution is 2.40. The molecule has 30 heavy (non-hydrogen) atoms. The van der Waals surface area contributed by atoms with Crippen LogP contribution in [0.5, 0.6) is 17.2 Å². The summed E-state index contributed by atoms with van der Waals surface area (Å²) in [5.41, 5.74) is 2.16. The molecule has 0 saturated carbocycles. The molecular weight excluding hydrogens is 406 g/mol. The molecule has 3 aromatic rings. The number of methoxy groups -OCH3 is 3. The van der Waals surface area contributed by atoms with Gasteiger partial charge in [0.15, 0.2) is 16.6 Å². The Hall–Kier alpha value is -3.33. The molecule has 2 aromatic carbocycles. The van der Waals surface area contributed by atoms with E-state index in [4.69, 9.17) is 14.2 Å². The SMILES string of the molecule is CCC(=O)Nc1nc2ccc(CC(=O)Nc3cc(OC)c(OC)c(OC)c3)cc2s1. The highest BCUT2D eigenvalue weighted by molar-refractivity contribution is 7.22. The first kappa shape index (κ1) is 21.4. The minimum Gasteiger partial charge on any atom is -0.493 e. The van der Waals surface area contributed by atoms with Gasteiger partial charge in [-0.3, -0.25) is 9.59 Å². The molecule has 1 aromatic heterocycles. The average molecular weight is 429 g/mol. The number of anilines is 2. The molecule has 0 aliphatic rings. The minimum atomic E-state index is -0.187. The first-order chi connectivity index (χ1) is 14.5. The van der Waals surface area contributed by atoms with Crippen molar-refractivity contribution in [3.8, 4) is 17.2 Å². The third-order valence-electron chi connectivity index (χ3n) is 4.33. The van der Waals surface area contributed by atoms with Crippen molar-refractivity contribution in [1.29, 1.82) is 0 Å². The summed E-state index contributed by atoms with van der Waals surface area (Å²) in [5, 5.41) is 6.17. The van der Waals surface area contributed by atoms with Crippen LogP contribution in [0.3, 0.4) is 0 Å². The number of nitrogens with one attached hydrogen (secondary N) is 2. The van der Waals surface area contributed by atoms with Gasteiger partial charge < -0.3 is 24.8 Å². The molecule has 0 aliphatic carbocycles. The monoisotopic (exact) mass is 429 g/mol. The highest BCUT2D eigenvalue weighted by Gasteiger charge is 2.15. The van der Waals surface area contributed by atoms with Gasteiger partial charge >= 0.3 is 0 Å². The second-order valence-electron chi connectivity index (χ2n) is 6.36. The van der Waals surface area contributed by atoms with E-state index in [0.29, 0.717) is 34.5 Å². The van der Waals surface area contributed by atoms with Crippen LogP contribution in [0.2, 0.25) is 0 Å². The number of fused-ring (bicyclic) bond motifs is 1. The maximum absolute atomic E-state index is 12.6. The molecule has 2 amide bonds. The molecule has 0 spiro atoms. The van der Waals surface area contributed by atoms with Crippen LogP contribution >= 0.6 is 11.3 Å². The number of ether oxygens (including phenoxy) is 3. The van der Waals surface area contributed by atoms with Crippen LogP contribution in [0.15, 0.2) is 30.3 Å². The summed E-state index contributed by atoms with van der Waals surface area (Å²) >= 11 is 1.38. The Morgan fingerprint density at radius 2 is 1.67 bits per heavy atom. The summed E-state index contributed by atoms with van der Waals surface area (Å²) in [5.74, 6) is 1.10. The van der Waals surface area contributed by atoms with Crippen LogP contribution < -0.4 is 24.8 Å². The second kappa shape index (κ2) is 9.45. The molecule has 0 atom stereocenters. The Morgan fingerprint density at radius 1 is 0.967 bits per heavy atom. The number of rotatable bonds is 8. The Labute approximate surface area is 178 Å². The van der Waals surface area contributed by atoms with Gasteiger partial charge in [-0.25, -0.2) is 4.98 Å². The van der Waals surface area contributed by atoms with Crippen LogP contribution in [0.25, 0.3) is 10.2 Å². The zero-order valence-corrected chi connectivity index (χ0v) is 18.0. The lowest BCUT2D eigenvalue weighted by molar-refractivity contribution is -0.116. The smallest absolute Gasteiger partial charge is 0.228 e. The van der Waals surface area contributed by atoms with Gasteiger partial charge in [-0.05, 0) is 17.7 Å². The van der Waals surface area contributed by atoms with E-state index in [9.17, 15) is 9.59 Å². The van der Waals surface area contributed by atoms with Crippen LogP contribution in [-0.2, 0) is 16.0 Å². The molecule has 8 nitrogen and oxygen atoms in total. The maximum atomic E-state index is 12.6. The average Bonchev–Trinajstić information content (AvgIpc) is 3.13. The number of nitrogens with zero attached hydrogens (tertiary/aromatic N) is 1. The molecular formula is C21H23N3O5S. The number of hydrogen-bond acceptors (Lipinski definition) is 7. The van der Waals surface area contributed by atoms with Gasteiger partial charge in [0.25, 0.3) is 0 Å². The molecule has 1 heterocycles. The van der Waals surface area contributed by atoms with Gasteiger partial charge in [0, 0.05) is 24.2 Å². The predicted molar refractivity (Wildman–Crippen MR) is 117 cm³/mol. The van der Waals surface area contributed by atoms with E-state index in [2.05, 4.69) is 15.6 Å². The summed E-state index contributed by atoms with van der Waals surface area (Å²) in [7, 11) is 4.56. The lowest BCUT2D eigenvalue weighted by Crippen LogP contribution is -2.14. The Morgan fingerprint density at radius 3 is 2.27 bits per heavy atom. The van der Waals surface area contributed by atoms with Crippen LogP contribution in [0, 0.1) is 0 Å². The molecule has 0 bridgehead atoms. The fraction of sp³-hybridized carbons (Fsp3) is 0.286. The molecule has 0 radical (unpaired) electrons. The van der Waals surface area contributed by atoms with Gasteiger partial charge in [-0.15, -0.1) is 0 Å². The van der Waals surface area contributed by atoms with Crippen molar-refractivity contribution in [2.75, 3.05) is 32.0 Å². The molecule has 158 valence electrons. The van der Waals surface area contributed by atoms with Gasteiger partial charge in [0.1, 0.15) is 0 Å². The van der Waals surface area contributed by atoms with Crippen molar-refractivity contribution in [3.63, 3.8) is 0 Å². The third-order valence-corrected chi connectivity index (χ3v) is 5.27. The standard InChI is InChI=1S/C21H23N3O5S/c1-5-18(25)24-21-23-14-7-6-12(8-17(14)30-21)9-19(26)22-13-10-15(27-2)20(29-4)16(11-13)28-3/h6-8,10-11H,5,9H2,1-4H3,(H,22,26)(H,23,24,25). The summed E-state index contributed by atoms with van der Waals surface area (Å²) in [6, 6.07) is 8.95. The van der Waals surface area contributed by atoms with E-state index in [-0.39, 0.29) is 18.2 Å². The van der Waals surface area contributed by atoms with Gasteiger partial charge in [-0.2, -0.15) is 0 Å². The van der Waals surface area contributed by atoms with E-state index in [1.54, 1.807) is 19.1 Å². The number of benzene rings is 2. The fourth-order valence-corrected chi connectivity index (χ4v) is 3.83. The Balaban J connectivity index is 1.74. The van der Waals surface area contributed by atoms with Gasteiger partial charge in [0.05, 0.1) is 38.0 Å². The van der Waals surface area contributed by atoms with Crippen molar-refractivity contribution in [3.05, 3.63) is 35.9 Å². The van der Waals surface area contributed by atoms with Crippen LogP contribution in [-0.4, -0.2) is 38.1 Å². The van der Waals surface area contributed by atoms with Gasteiger partial charge in [0.2, 0.25) is 17.6 Å². The fourth-order valence-electron chi connectivity index (χ4n) is 2.88. The molecule has 3 rings (SSSR count). The van der Waals surface area contributed by atoms with Crippen LogP contribution in [0.1, 0.15) is 18.9 Å². The molecule has 2 N–H and O–H groups in total. The number of thiazole rings is 1. The molecule has 0 aliphatic heterocycles. The minimum absolute atomic E-state index is 0.0843. The summed E-state index contributed by atoms with van der Waals surface area (Å²) < 4.78 is 16.8. The van der Waals surface area contributed by atoms with E-state index >= 15 is 0 Å². The van der Waals surface area contributed by atoms with Crippen molar-refractivity contribution >= 4 is 44.2 Å². The first-order valence-corrected chi connectivity index (χ1v) is 10.1. The first-order valence-electron chi connectivity index (χ1n) is 9.26. The second-order valence-corrected chi connectivity index (χ2v) is 7.39. The number of carbonyl (C=O) groups excluding carboxylic acids is 2. The van der Waals surface area contributed by atoms with E-state index < -0.39 is 0 Å². The summed E-state index contributed by atoms with van der Waals surface area (Å²) in [4.78, 5) is 28.5. The van der Waals surface area contributed by atoms with Crippen LogP contribution in [0.4, 0.5) is 10.8 Å². The van der Waals surface area contributed by atoms with Crippen molar-refractivity contribution in [2.45, 2.75) is 19.8 Å². The topological polar surface area (TPSA) is 98.8 Å². The Bertz CT molecular complexity index is 1050. The summed E-state index contributed by atoms with van der Waals surface area (Å²) in [6.45, 7) is 1.79. The quantitative estimate of drug-likeness (QED) is 0.564. The molecule has 0 saturated heterocycles. The van der Waals surface area contributed by atoms with E-state index in [1.165, 1.54) is 32.7 Å². The summed E-state index contributed by atoms with van der Waals surface area (Å²) in [6.07, 6.45) is 0.573. The largest absolute Gasteiger partial charge is 0.493 e. The van der Waals surface area contributed by atoms with Crippen molar-refractivity contribution < 1.29 is 23.8 Å². The number of carbonyl (C=O) groups is 2. The zero-order valence-electron chi connectivity index (χ0n) is 17.2. The maximum Gasteiger partial charge on any atom is 0.228 e. The van der Waals surface area contributed by atoms with Gasteiger partial charge in [-0.1, -0.05) is 24.3 Å². The number of aromatic nitrogens is 1. The number of hydrogen-bond donors (Lipinski definition) is 2. The van der Waals surface area contributed by atoms with E-state index in [1.807, 2.05) is 18.2 Å². The predicted octanol–water partition coefficient (Wildman–Crippen LogP) is 3.85. The van der Waals surface area contributed by atoms with Crippen molar-refractivity contribution in [1.82, 2.24) is 4.98 Å².